The lowest BCUT2D eigenvalue weighted by atomic mass is 10.1. The van der Waals surface area contributed by atoms with Gasteiger partial charge in [0.2, 0.25) is 11.8 Å². The minimum Gasteiger partial charge on any atom is -0.497 e. The average Bonchev–Trinajstić information content (AvgIpc) is 2.96. The molecule has 8 nitrogen and oxygen atoms in total. The molecule has 0 saturated heterocycles. The summed E-state index contributed by atoms with van der Waals surface area (Å²) >= 11 is 6.07. The zero-order chi connectivity index (χ0) is 29.3. The van der Waals surface area contributed by atoms with Crippen LogP contribution >= 0.6 is 11.6 Å². The van der Waals surface area contributed by atoms with E-state index < -0.39 is 28.5 Å². The predicted molar refractivity (Wildman–Crippen MR) is 158 cm³/mol. The molecule has 2 atom stereocenters. The Morgan fingerprint density at radius 1 is 0.925 bits per heavy atom. The highest BCUT2D eigenvalue weighted by molar-refractivity contribution is 7.92. The van der Waals surface area contributed by atoms with Gasteiger partial charge < -0.3 is 15.0 Å². The van der Waals surface area contributed by atoms with Gasteiger partial charge in [-0.25, -0.2) is 8.42 Å². The first-order valence-corrected chi connectivity index (χ1v) is 15.0. The standard InChI is InChI=1S/C30H36ClN3O5S/c1-5-22(3)32-30(36)28(6-2)33(20-23-12-18-26(39-4)19-13-23)29(35)21-34(25-16-14-24(31)15-17-25)40(37,38)27-10-8-7-9-11-27/h7-19,22,28H,5-6,20-21H2,1-4H3,(H,32,36)/t22-,28-/m1/s1. The van der Waals surface area contributed by atoms with Crippen LogP contribution in [0.15, 0.2) is 83.8 Å². The third-order valence-corrected chi connectivity index (χ3v) is 8.66. The van der Waals surface area contributed by atoms with E-state index in [2.05, 4.69) is 5.32 Å². The first-order valence-electron chi connectivity index (χ1n) is 13.2. The molecule has 0 heterocycles. The number of sulfonamides is 1. The van der Waals surface area contributed by atoms with Crippen molar-refractivity contribution >= 4 is 39.1 Å². The summed E-state index contributed by atoms with van der Waals surface area (Å²) in [7, 11) is -2.56. The van der Waals surface area contributed by atoms with Gasteiger partial charge in [0.1, 0.15) is 18.3 Å². The van der Waals surface area contributed by atoms with Crippen LogP contribution in [0.25, 0.3) is 0 Å². The fraction of sp³-hybridized carbons (Fsp3) is 0.333. The molecule has 0 radical (unpaired) electrons. The number of methoxy groups -OCH3 is 1. The molecule has 1 N–H and O–H groups in total. The van der Waals surface area contributed by atoms with Crippen molar-refractivity contribution in [1.82, 2.24) is 10.2 Å². The summed E-state index contributed by atoms with van der Waals surface area (Å²) in [5, 5.41) is 3.40. The maximum Gasteiger partial charge on any atom is 0.264 e. The minimum absolute atomic E-state index is 0.0426. The lowest BCUT2D eigenvalue weighted by molar-refractivity contribution is -0.140. The van der Waals surface area contributed by atoms with Crippen molar-refractivity contribution in [3.63, 3.8) is 0 Å². The Morgan fingerprint density at radius 3 is 2.10 bits per heavy atom. The number of carbonyl (C=O) groups excluding carboxylic acids is 2. The molecule has 0 aliphatic heterocycles. The molecule has 2 amide bonds. The van der Waals surface area contributed by atoms with Crippen LogP contribution in [-0.2, 0) is 26.2 Å². The van der Waals surface area contributed by atoms with Crippen molar-refractivity contribution in [3.05, 3.63) is 89.4 Å². The van der Waals surface area contributed by atoms with Gasteiger partial charge in [0.25, 0.3) is 10.0 Å². The van der Waals surface area contributed by atoms with Crippen LogP contribution in [0.4, 0.5) is 5.69 Å². The molecule has 0 aliphatic carbocycles. The second-order valence-electron chi connectivity index (χ2n) is 9.41. The van der Waals surface area contributed by atoms with Crippen LogP contribution in [-0.4, -0.2) is 50.9 Å². The number of carbonyl (C=O) groups is 2. The minimum atomic E-state index is -4.13. The predicted octanol–water partition coefficient (Wildman–Crippen LogP) is 5.27. The molecule has 10 heteroatoms. The fourth-order valence-corrected chi connectivity index (χ4v) is 5.71. The van der Waals surface area contributed by atoms with E-state index >= 15 is 0 Å². The number of hydrogen-bond acceptors (Lipinski definition) is 5. The van der Waals surface area contributed by atoms with Gasteiger partial charge in [0, 0.05) is 17.6 Å². The maximum atomic E-state index is 14.0. The Labute approximate surface area is 241 Å². The number of rotatable bonds is 13. The van der Waals surface area contributed by atoms with Crippen LogP contribution in [0.2, 0.25) is 5.02 Å². The quantitative estimate of drug-likeness (QED) is 0.295. The largest absolute Gasteiger partial charge is 0.497 e. The monoisotopic (exact) mass is 585 g/mol. The van der Waals surface area contributed by atoms with Crippen molar-refractivity contribution in [2.75, 3.05) is 18.0 Å². The normalized spacial score (nSPS) is 12.7. The Kier molecular flexibility index (Phi) is 11.0. The van der Waals surface area contributed by atoms with Gasteiger partial charge in [0.15, 0.2) is 0 Å². The molecule has 0 bridgehead atoms. The topological polar surface area (TPSA) is 96.0 Å². The van der Waals surface area contributed by atoms with E-state index in [1.54, 1.807) is 61.7 Å². The van der Waals surface area contributed by atoms with Gasteiger partial charge in [0.05, 0.1) is 17.7 Å². The molecule has 3 aromatic rings. The molecule has 214 valence electrons. The highest BCUT2D eigenvalue weighted by Crippen LogP contribution is 2.26. The van der Waals surface area contributed by atoms with Crippen molar-refractivity contribution in [2.24, 2.45) is 0 Å². The van der Waals surface area contributed by atoms with Gasteiger partial charge in [-0.15, -0.1) is 0 Å². The zero-order valence-corrected chi connectivity index (χ0v) is 24.8. The number of anilines is 1. The number of nitrogens with one attached hydrogen (secondary N) is 1. The fourth-order valence-electron chi connectivity index (χ4n) is 4.14. The first-order chi connectivity index (χ1) is 19.1. The molecule has 0 unspecified atom stereocenters. The number of benzene rings is 3. The maximum absolute atomic E-state index is 14.0. The van der Waals surface area contributed by atoms with Crippen LogP contribution < -0.4 is 14.4 Å². The second-order valence-corrected chi connectivity index (χ2v) is 11.7. The molecule has 0 aromatic heterocycles. The summed E-state index contributed by atoms with van der Waals surface area (Å²) in [5.41, 5.74) is 1.05. The molecule has 0 fully saturated rings. The number of nitrogens with zero attached hydrogens (tertiary/aromatic N) is 2. The van der Waals surface area contributed by atoms with Crippen LogP contribution in [0, 0.1) is 0 Å². The molecule has 0 spiro atoms. The van der Waals surface area contributed by atoms with Crippen molar-refractivity contribution < 1.29 is 22.7 Å². The summed E-state index contributed by atoms with van der Waals surface area (Å²) in [6.07, 6.45) is 1.07. The molecule has 3 rings (SSSR count). The van der Waals surface area contributed by atoms with Gasteiger partial charge >= 0.3 is 0 Å². The van der Waals surface area contributed by atoms with Gasteiger partial charge in [-0.3, -0.25) is 13.9 Å². The Hall–Kier alpha value is -3.56. The number of amides is 2. The SMILES string of the molecule is CC[C@@H](C)NC(=O)[C@@H](CC)N(Cc1ccc(OC)cc1)C(=O)CN(c1ccc(Cl)cc1)S(=O)(=O)c1ccccc1. The first kappa shape index (κ1) is 31.0. The Balaban J connectivity index is 2.03. The van der Waals surface area contributed by atoms with Crippen molar-refractivity contribution in [2.45, 2.75) is 57.1 Å². The highest BCUT2D eigenvalue weighted by atomic mass is 35.5. The summed E-state index contributed by atoms with van der Waals surface area (Å²) < 4.78 is 33.9. The summed E-state index contributed by atoms with van der Waals surface area (Å²) in [6, 6.07) is 20.5. The third-order valence-electron chi connectivity index (χ3n) is 6.62. The summed E-state index contributed by atoms with van der Waals surface area (Å²) in [4.78, 5) is 28.9. The van der Waals surface area contributed by atoms with E-state index in [0.29, 0.717) is 17.2 Å². The third kappa shape index (κ3) is 7.76. The van der Waals surface area contributed by atoms with E-state index in [4.69, 9.17) is 16.3 Å². The molecule has 40 heavy (non-hydrogen) atoms. The molecule has 3 aromatic carbocycles. The van der Waals surface area contributed by atoms with Gasteiger partial charge in [-0.2, -0.15) is 0 Å². The second kappa shape index (κ2) is 14.2. The Morgan fingerprint density at radius 2 is 1.55 bits per heavy atom. The van der Waals surface area contributed by atoms with E-state index in [1.807, 2.05) is 32.9 Å². The van der Waals surface area contributed by atoms with E-state index in [9.17, 15) is 18.0 Å². The summed E-state index contributed by atoms with van der Waals surface area (Å²) in [5.74, 6) is -0.148. The molecule has 0 saturated carbocycles. The van der Waals surface area contributed by atoms with Gasteiger partial charge in [-0.05, 0) is 73.9 Å². The molecular weight excluding hydrogens is 550 g/mol. The van der Waals surface area contributed by atoms with Crippen molar-refractivity contribution in [3.8, 4) is 5.75 Å². The van der Waals surface area contributed by atoms with E-state index in [0.717, 1.165) is 16.3 Å². The zero-order valence-electron chi connectivity index (χ0n) is 23.2. The number of halogens is 1. The number of ether oxygens (including phenoxy) is 1. The van der Waals surface area contributed by atoms with E-state index in [-0.39, 0.29) is 29.1 Å². The average molecular weight is 586 g/mol. The lowest BCUT2D eigenvalue weighted by Gasteiger charge is -2.33. The Bertz CT molecular complexity index is 1370. The van der Waals surface area contributed by atoms with Crippen LogP contribution in [0.5, 0.6) is 5.75 Å². The lowest BCUT2D eigenvalue weighted by Crippen LogP contribution is -2.53. The van der Waals surface area contributed by atoms with Crippen LogP contribution in [0.1, 0.15) is 39.2 Å². The summed E-state index contributed by atoms with van der Waals surface area (Å²) in [6.45, 7) is 5.28. The smallest absolute Gasteiger partial charge is 0.264 e. The molecule has 0 aliphatic rings. The van der Waals surface area contributed by atoms with Crippen molar-refractivity contribution in [1.29, 1.82) is 0 Å². The molecular formula is C30H36ClN3O5S. The highest BCUT2D eigenvalue weighted by Gasteiger charge is 2.34. The number of hydrogen-bond donors (Lipinski definition) is 1. The van der Waals surface area contributed by atoms with Crippen LogP contribution in [0.3, 0.4) is 0 Å². The van der Waals surface area contributed by atoms with E-state index in [1.165, 1.54) is 17.0 Å². The van der Waals surface area contributed by atoms with Gasteiger partial charge in [-0.1, -0.05) is 55.8 Å².